The van der Waals surface area contributed by atoms with E-state index in [0.29, 0.717) is 30.2 Å². The van der Waals surface area contributed by atoms with Crippen LogP contribution in [0.15, 0.2) is 36.4 Å². The first-order valence-electron chi connectivity index (χ1n) is 8.15. The van der Waals surface area contributed by atoms with E-state index in [4.69, 9.17) is 25.4 Å². The molecule has 1 aliphatic rings. The maximum absolute atomic E-state index is 10.2. The van der Waals surface area contributed by atoms with Crippen LogP contribution in [-0.4, -0.2) is 41.7 Å². The van der Waals surface area contributed by atoms with Crippen molar-refractivity contribution in [2.75, 3.05) is 13.2 Å². The molecule has 0 aliphatic heterocycles. The van der Waals surface area contributed by atoms with E-state index in [1.165, 1.54) is 0 Å². The molecular weight excluding hydrogens is 382 g/mol. The van der Waals surface area contributed by atoms with Crippen molar-refractivity contribution in [1.82, 2.24) is 0 Å². The third kappa shape index (κ3) is 6.15. The quantitative estimate of drug-likeness (QED) is 0.487. The Bertz CT molecular complexity index is 560. The lowest BCUT2D eigenvalue weighted by atomic mass is 9.90. The largest absolute Gasteiger partial charge is 0.490 e. The maximum Gasteiger partial charge on any atom is 0.120 e. The third-order valence-electron chi connectivity index (χ3n) is 4.46. The van der Waals surface area contributed by atoms with E-state index >= 15 is 0 Å². The summed E-state index contributed by atoms with van der Waals surface area (Å²) in [6, 6.07) is 7.18. The van der Waals surface area contributed by atoms with Gasteiger partial charge in [-0.2, -0.15) is 0 Å². The van der Waals surface area contributed by atoms with Gasteiger partial charge in [-0.15, -0.1) is 0 Å². The van der Waals surface area contributed by atoms with Crippen molar-refractivity contribution in [3.05, 3.63) is 41.4 Å². The molecule has 0 amide bonds. The number of aliphatic hydroxyl groups excluding tert-OH is 2. The Morgan fingerprint density at radius 2 is 2.16 bits per heavy atom. The molecule has 0 aromatic heterocycles. The highest BCUT2D eigenvalue weighted by atomic mass is 35.5. The lowest BCUT2D eigenvalue weighted by Gasteiger charge is -2.22. The van der Waals surface area contributed by atoms with Crippen LogP contribution in [0.1, 0.15) is 12.8 Å². The zero-order chi connectivity index (χ0) is 18.2. The first-order chi connectivity index (χ1) is 12.1. The van der Waals surface area contributed by atoms with E-state index in [-0.39, 0.29) is 30.7 Å². The van der Waals surface area contributed by atoms with Crippen LogP contribution in [0, 0.1) is 11.8 Å². The zero-order valence-electron chi connectivity index (χ0n) is 13.8. The topological polar surface area (TPSA) is 68.2 Å². The number of ether oxygens (including phenoxy) is 1. The van der Waals surface area contributed by atoms with Crippen LogP contribution >= 0.6 is 30.5 Å². The van der Waals surface area contributed by atoms with E-state index in [2.05, 4.69) is 18.9 Å². The average molecular weight is 407 g/mol. The van der Waals surface area contributed by atoms with Crippen LogP contribution in [0.5, 0.6) is 5.75 Å². The predicted octanol–water partition coefficient (Wildman–Crippen LogP) is 3.01. The highest BCUT2D eigenvalue weighted by Crippen LogP contribution is 2.38. The van der Waals surface area contributed by atoms with Gasteiger partial charge in [-0.1, -0.05) is 29.8 Å². The van der Waals surface area contributed by atoms with Crippen LogP contribution in [0.25, 0.3) is 0 Å². The molecule has 1 saturated carbocycles. The van der Waals surface area contributed by atoms with Gasteiger partial charge in [0.25, 0.3) is 0 Å². The van der Waals surface area contributed by atoms with Crippen LogP contribution in [0.3, 0.4) is 0 Å². The Morgan fingerprint density at radius 3 is 2.80 bits per heavy atom. The van der Waals surface area contributed by atoms with Crippen LogP contribution in [0.2, 0.25) is 5.02 Å². The number of hydrogen-bond donors (Lipinski definition) is 2. The molecule has 8 heteroatoms. The Kier molecular flexibility index (Phi) is 9.09. The molecule has 1 aromatic carbocycles. The molecule has 5 nitrogen and oxygen atoms in total. The van der Waals surface area contributed by atoms with E-state index in [0.717, 1.165) is 0 Å². The van der Waals surface area contributed by atoms with Gasteiger partial charge in [0.2, 0.25) is 0 Å². The van der Waals surface area contributed by atoms with Crippen molar-refractivity contribution in [2.24, 2.45) is 11.8 Å². The van der Waals surface area contributed by atoms with Crippen LogP contribution in [0.4, 0.5) is 0 Å². The van der Waals surface area contributed by atoms with E-state index < -0.39 is 6.10 Å². The summed E-state index contributed by atoms with van der Waals surface area (Å²) in [5.41, 5.74) is 0. The van der Waals surface area contributed by atoms with Crippen LogP contribution < -0.4 is 4.74 Å². The molecule has 1 aliphatic carbocycles. The van der Waals surface area contributed by atoms with Crippen molar-refractivity contribution in [3.63, 3.8) is 0 Å². The fourth-order valence-corrected chi connectivity index (χ4v) is 3.82. The molecule has 25 heavy (non-hydrogen) atoms. The summed E-state index contributed by atoms with van der Waals surface area (Å²) in [5, 5.41) is 20.0. The molecule has 2 N–H and O–H groups in total. The Hall–Kier alpha value is -0.250. The van der Waals surface area contributed by atoms with Crippen molar-refractivity contribution in [3.8, 4) is 5.75 Å². The first kappa shape index (κ1) is 21.1. The Morgan fingerprint density at radius 1 is 1.36 bits per heavy atom. The SMILES string of the molecule is OCC[C@H]1C(O)CC(OP)[C@@H]1/C=C/C(COc1cccc(Cl)c1)OP. The molecule has 140 valence electrons. The van der Waals surface area contributed by atoms with Crippen LogP contribution in [-0.2, 0) is 9.05 Å². The summed E-state index contributed by atoms with van der Waals surface area (Å²) in [7, 11) is 4.50. The van der Waals surface area contributed by atoms with Gasteiger partial charge in [-0.25, -0.2) is 0 Å². The number of aliphatic hydroxyl groups is 2. The van der Waals surface area contributed by atoms with Gasteiger partial charge in [-0.05, 0) is 30.5 Å². The van der Waals surface area contributed by atoms with Gasteiger partial charge in [0, 0.05) is 42.9 Å². The number of halogens is 1. The molecule has 0 saturated heterocycles. The molecule has 0 radical (unpaired) electrons. The summed E-state index contributed by atoms with van der Waals surface area (Å²) in [4.78, 5) is 0. The fourth-order valence-electron chi connectivity index (χ4n) is 3.18. The molecule has 1 aromatic rings. The maximum atomic E-state index is 10.2. The number of rotatable bonds is 9. The molecule has 1 fully saturated rings. The van der Waals surface area contributed by atoms with Gasteiger partial charge >= 0.3 is 0 Å². The fraction of sp³-hybridized carbons (Fsp3) is 0.529. The number of hydrogen-bond acceptors (Lipinski definition) is 5. The highest BCUT2D eigenvalue weighted by Gasteiger charge is 2.40. The molecule has 7 atom stereocenters. The van der Waals surface area contributed by atoms with Gasteiger partial charge < -0.3 is 24.0 Å². The summed E-state index contributed by atoms with van der Waals surface area (Å²) >= 11 is 5.94. The summed E-state index contributed by atoms with van der Waals surface area (Å²) < 4.78 is 16.5. The normalized spacial score (nSPS) is 27.7. The van der Waals surface area contributed by atoms with Crippen molar-refractivity contribution in [2.45, 2.75) is 31.2 Å². The van der Waals surface area contributed by atoms with Crippen molar-refractivity contribution < 1.29 is 24.0 Å². The first-order valence-corrected chi connectivity index (χ1v) is 9.47. The Balaban J connectivity index is 1.98. The molecule has 0 spiro atoms. The monoisotopic (exact) mass is 406 g/mol. The van der Waals surface area contributed by atoms with Crippen molar-refractivity contribution >= 4 is 30.5 Å². The molecule has 0 heterocycles. The minimum Gasteiger partial charge on any atom is -0.490 e. The van der Waals surface area contributed by atoms with Gasteiger partial charge in [0.1, 0.15) is 18.5 Å². The lowest BCUT2D eigenvalue weighted by molar-refractivity contribution is 0.103. The second-order valence-electron chi connectivity index (χ2n) is 6.06. The molecule has 5 unspecified atom stereocenters. The second kappa shape index (κ2) is 10.8. The minimum atomic E-state index is -0.481. The Labute approximate surface area is 158 Å². The van der Waals surface area contributed by atoms with Gasteiger partial charge in [0.15, 0.2) is 0 Å². The molecular formula is C17H25ClO5P2. The molecule has 2 rings (SSSR count). The minimum absolute atomic E-state index is 0.00784. The van der Waals surface area contributed by atoms with Gasteiger partial charge in [-0.3, -0.25) is 0 Å². The zero-order valence-corrected chi connectivity index (χ0v) is 16.9. The van der Waals surface area contributed by atoms with E-state index in [1.807, 2.05) is 24.3 Å². The third-order valence-corrected chi connectivity index (χ3v) is 5.40. The standard InChI is InChI=1S/C17H25ClO5P2/c18-11-2-1-3-12(8-11)21-10-13(22-24)4-5-15-14(6-7-19)16(20)9-17(15)23-25/h1-5,8,13-17,19-20H,6-7,9-10,24-25H2/b5-4+/t13?,14-,15-,16?,17?/m1/s1. The lowest BCUT2D eigenvalue weighted by Crippen LogP contribution is -2.23. The smallest absolute Gasteiger partial charge is 0.120 e. The van der Waals surface area contributed by atoms with E-state index in [9.17, 15) is 10.2 Å². The van der Waals surface area contributed by atoms with Crippen molar-refractivity contribution in [1.29, 1.82) is 0 Å². The number of benzene rings is 1. The average Bonchev–Trinajstić information content (AvgIpc) is 2.91. The molecule has 0 bridgehead atoms. The van der Waals surface area contributed by atoms with Gasteiger partial charge in [0.05, 0.1) is 12.2 Å². The second-order valence-corrected chi connectivity index (χ2v) is 7.04. The van der Waals surface area contributed by atoms with E-state index in [1.54, 1.807) is 12.1 Å². The highest BCUT2D eigenvalue weighted by molar-refractivity contribution is 7.10. The summed E-state index contributed by atoms with van der Waals surface area (Å²) in [5.74, 6) is 0.646. The predicted molar refractivity (Wildman–Crippen MR) is 105 cm³/mol. The summed E-state index contributed by atoms with van der Waals surface area (Å²) in [6.07, 6.45) is 4.11. The summed E-state index contributed by atoms with van der Waals surface area (Å²) in [6.45, 7) is 0.365.